The summed E-state index contributed by atoms with van der Waals surface area (Å²) in [5.41, 5.74) is 9.57. The number of carboxylic acids is 1. The van der Waals surface area contributed by atoms with E-state index in [1.165, 1.54) is 25.7 Å². The molecule has 1 heterocycles. The van der Waals surface area contributed by atoms with E-state index in [1.807, 2.05) is 13.8 Å². The zero-order valence-corrected chi connectivity index (χ0v) is 11.6. The Hall–Kier alpha value is -1.14. The van der Waals surface area contributed by atoms with Gasteiger partial charge in [-0.05, 0) is 24.7 Å². The van der Waals surface area contributed by atoms with E-state index in [0.29, 0.717) is 11.8 Å². The number of aliphatic carboxylic acids is 1. The second kappa shape index (κ2) is 6.34. The molecule has 1 saturated carbocycles. The first kappa shape index (κ1) is 14.3. The summed E-state index contributed by atoms with van der Waals surface area (Å²) >= 11 is 0. The molecule has 6 heteroatoms. The third-order valence-corrected chi connectivity index (χ3v) is 4.11. The van der Waals surface area contributed by atoms with Crippen molar-refractivity contribution in [2.24, 2.45) is 22.9 Å². The van der Waals surface area contributed by atoms with Crippen LogP contribution in [-0.4, -0.2) is 29.5 Å². The van der Waals surface area contributed by atoms with Crippen molar-refractivity contribution in [1.29, 1.82) is 0 Å². The minimum absolute atomic E-state index is 0.0205. The lowest BCUT2D eigenvalue weighted by atomic mass is 9.77. The first-order valence-electron chi connectivity index (χ1n) is 7.14. The van der Waals surface area contributed by atoms with E-state index in [4.69, 9.17) is 5.11 Å². The van der Waals surface area contributed by atoms with Gasteiger partial charge in [0, 0.05) is 12.5 Å². The van der Waals surface area contributed by atoms with Gasteiger partial charge in [-0.1, -0.05) is 26.7 Å². The van der Waals surface area contributed by atoms with E-state index in [1.54, 1.807) is 0 Å². The molecule has 1 aliphatic carbocycles. The highest BCUT2D eigenvalue weighted by atomic mass is 16.4. The van der Waals surface area contributed by atoms with Crippen molar-refractivity contribution in [3.8, 4) is 0 Å². The van der Waals surface area contributed by atoms with Gasteiger partial charge in [-0.25, -0.2) is 10.2 Å². The van der Waals surface area contributed by atoms with E-state index < -0.39 is 5.97 Å². The number of fused-ring (bicyclic) bond motifs is 1. The van der Waals surface area contributed by atoms with E-state index in [-0.39, 0.29) is 17.8 Å². The average molecular weight is 268 g/mol. The summed E-state index contributed by atoms with van der Waals surface area (Å²) in [5.74, 6) is 0.145. The van der Waals surface area contributed by atoms with Gasteiger partial charge in [-0.2, -0.15) is 5.10 Å². The Kier molecular flexibility index (Phi) is 4.76. The fourth-order valence-electron chi connectivity index (χ4n) is 3.03. The zero-order chi connectivity index (χ0) is 13.8. The van der Waals surface area contributed by atoms with Crippen LogP contribution in [0.4, 0.5) is 0 Å². The average Bonchev–Trinajstić information content (AvgIpc) is 2.38. The van der Waals surface area contributed by atoms with E-state index in [9.17, 15) is 4.79 Å². The number of nitrogens with zero attached hydrogens (tertiary/aromatic N) is 1. The normalized spacial score (nSPS) is 31.9. The second-order valence-electron chi connectivity index (χ2n) is 5.80. The molecule has 0 aromatic rings. The van der Waals surface area contributed by atoms with Crippen LogP contribution in [0.5, 0.6) is 0 Å². The van der Waals surface area contributed by atoms with E-state index in [2.05, 4.69) is 21.4 Å². The van der Waals surface area contributed by atoms with Crippen LogP contribution in [0.3, 0.4) is 0 Å². The molecule has 1 saturated heterocycles. The molecule has 0 aromatic heterocycles. The van der Waals surface area contributed by atoms with E-state index in [0.717, 1.165) is 6.54 Å². The summed E-state index contributed by atoms with van der Waals surface area (Å²) in [6, 6.07) is 0. The Bertz CT molecular complexity index is 355. The Morgan fingerprint density at radius 3 is 2.79 bits per heavy atom. The molecule has 3 unspecified atom stereocenters. The van der Waals surface area contributed by atoms with Crippen molar-refractivity contribution in [3.05, 3.63) is 0 Å². The fraction of sp³-hybridized carbons (Fsp3) is 0.846. The molecule has 2 rings (SSSR count). The van der Waals surface area contributed by atoms with Crippen molar-refractivity contribution in [1.82, 2.24) is 16.3 Å². The smallest absolute Gasteiger partial charge is 0.352 e. The van der Waals surface area contributed by atoms with Crippen molar-refractivity contribution < 1.29 is 9.90 Å². The van der Waals surface area contributed by atoms with Crippen molar-refractivity contribution >= 4 is 11.7 Å². The van der Waals surface area contributed by atoms with Gasteiger partial charge in [0.15, 0.2) is 0 Å². The maximum absolute atomic E-state index is 11.1. The largest absolute Gasteiger partial charge is 0.477 e. The van der Waals surface area contributed by atoms with Gasteiger partial charge in [0.2, 0.25) is 0 Å². The summed E-state index contributed by atoms with van der Waals surface area (Å²) in [6.45, 7) is 4.66. The standard InChI is InChI=1S/C13H24N4O2/c1-8(2)11(13(18)19)15-17-12-10-6-4-3-5-9(10)7-14-16-12/h8-10,12,14,16-17H,3-7H2,1-2H3,(H,18,19)/b15-11+. The number of rotatable bonds is 4. The zero-order valence-electron chi connectivity index (χ0n) is 11.6. The maximum atomic E-state index is 11.1. The van der Waals surface area contributed by atoms with Gasteiger partial charge >= 0.3 is 5.97 Å². The molecule has 0 spiro atoms. The molecule has 6 nitrogen and oxygen atoms in total. The van der Waals surface area contributed by atoms with Gasteiger partial charge in [0.1, 0.15) is 11.9 Å². The van der Waals surface area contributed by atoms with Crippen LogP contribution in [0.25, 0.3) is 0 Å². The predicted octanol–water partition coefficient (Wildman–Crippen LogP) is 0.913. The molecule has 0 aromatic carbocycles. The molecular formula is C13H24N4O2. The molecule has 4 N–H and O–H groups in total. The number of carbonyl (C=O) groups is 1. The van der Waals surface area contributed by atoms with Gasteiger partial charge in [0.05, 0.1) is 0 Å². The molecule has 19 heavy (non-hydrogen) atoms. The lowest BCUT2D eigenvalue weighted by Crippen LogP contribution is -2.61. The summed E-state index contributed by atoms with van der Waals surface area (Å²) < 4.78 is 0. The molecule has 2 fully saturated rings. The molecule has 0 amide bonds. The first-order chi connectivity index (χ1) is 9.09. The van der Waals surface area contributed by atoms with Crippen LogP contribution in [0.15, 0.2) is 5.10 Å². The number of nitrogens with one attached hydrogen (secondary N) is 3. The first-order valence-corrected chi connectivity index (χ1v) is 7.14. The van der Waals surface area contributed by atoms with Crippen molar-refractivity contribution in [2.45, 2.75) is 45.7 Å². The molecule has 2 aliphatic rings. The molecular weight excluding hydrogens is 244 g/mol. The minimum Gasteiger partial charge on any atom is -0.477 e. The second-order valence-corrected chi connectivity index (χ2v) is 5.80. The Balaban J connectivity index is 2.00. The highest BCUT2D eigenvalue weighted by molar-refractivity contribution is 6.36. The third-order valence-electron chi connectivity index (χ3n) is 4.11. The van der Waals surface area contributed by atoms with Gasteiger partial charge in [-0.15, -0.1) is 0 Å². The van der Waals surface area contributed by atoms with Gasteiger partial charge < -0.3 is 5.11 Å². The SMILES string of the molecule is CC(C)/C(=N\NC1NNCC2CCCCC21)C(=O)O. The van der Waals surface area contributed by atoms with Crippen LogP contribution in [0.1, 0.15) is 39.5 Å². The van der Waals surface area contributed by atoms with Crippen molar-refractivity contribution in [3.63, 3.8) is 0 Å². The van der Waals surface area contributed by atoms with Crippen LogP contribution in [-0.2, 0) is 4.79 Å². The van der Waals surface area contributed by atoms with Crippen LogP contribution in [0.2, 0.25) is 0 Å². The highest BCUT2D eigenvalue weighted by Crippen LogP contribution is 2.32. The van der Waals surface area contributed by atoms with Crippen LogP contribution < -0.4 is 16.3 Å². The van der Waals surface area contributed by atoms with Crippen LogP contribution >= 0.6 is 0 Å². The monoisotopic (exact) mass is 268 g/mol. The molecule has 108 valence electrons. The quantitative estimate of drug-likeness (QED) is 0.450. The number of hydrazone groups is 1. The molecule has 1 aliphatic heterocycles. The van der Waals surface area contributed by atoms with Crippen molar-refractivity contribution in [2.75, 3.05) is 6.54 Å². The fourth-order valence-corrected chi connectivity index (χ4v) is 3.03. The highest BCUT2D eigenvalue weighted by Gasteiger charge is 2.34. The van der Waals surface area contributed by atoms with Crippen LogP contribution in [0, 0.1) is 17.8 Å². The molecule has 0 radical (unpaired) electrons. The Morgan fingerprint density at radius 1 is 1.37 bits per heavy atom. The minimum atomic E-state index is -0.952. The molecule has 0 bridgehead atoms. The number of carboxylic acid groups (broad SMARTS) is 1. The number of hydrogen-bond donors (Lipinski definition) is 4. The Morgan fingerprint density at radius 2 is 2.11 bits per heavy atom. The number of hydrogen-bond acceptors (Lipinski definition) is 5. The summed E-state index contributed by atoms with van der Waals surface area (Å²) in [5, 5.41) is 13.2. The number of hydrazine groups is 1. The molecule has 3 atom stereocenters. The maximum Gasteiger partial charge on any atom is 0.352 e. The Labute approximate surface area is 114 Å². The predicted molar refractivity (Wildman–Crippen MR) is 73.4 cm³/mol. The van der Waals surface area contributed by atoms with Gasteiger partial charge in [0.25, 0.3) is 0 Å². The summed E-state index contributed by atoms with van der Waals surface area (Å²) in [6.07, 6.45) is 4.99. The van der Waals surface area contributed by atoms with E-state index >= 15 is 0 Å². The third kappa shape index (κ3) is 3.45. The summed E-state index contributed by atoms with van der Waals surface area (Å²) in [4.78, 5) is 11.1. The lowest BCUT2D eigenvalue weighted by molar-refractivity contribution is -0.129. The van der Waals surface area contributed by atoms with Gasteiger partial charge in [-0.3, -0.25) is 10.9 Å². The topological polar surface area (TPSA) is 85.8 Å². The lowest BCUT2D eigenvalue weighted by Gasteiger charge is -2.41. The summed E-state index contributed by atoms with van der Waals surface area (Å²) in [7, 11) is 0.